The third-order valence-electron chi connectivity index (χ3n) is 11.8. The molecular formula is C45H62N6O13. The van der Waals surface area contributed by atoms with E-state index in [-0.39, 0.29) is 23.8 Å². The smallest absolute Gasteiger partial charge is 0.412 e. The molecule has 0 radical (unpaired) electrons. The van der Waals surface area contributed by atoms with Crippen LogP contribution in [-0.2, 0) is 35.1 Å². The third kappa shape index (κ3) is 11.7. The van der Waals surface area contributed by atoms with Gasteiger partial charge in [-0.3, -0.25) is 14.9 Å². The lowest BCUT2D eigenvalue weighted by atomic mass is 9.79. The van der Waals surface area contributed by atoms with Crippen LogP contribution < -0.4 is 16.0 Å². The number of phenols is 1. The molecule has 2 saturated heterocycles. The normalized spacial score (nSPS) is 25.8. The summed E-state index contributed by atoms with van der Waals surface area (Å²) in [6, 6.07) is 8.10. The number of aromatic nitrogens is 3. The van der Waals surface area contributed by atoms with Gasteiger partial charge in [0.15, 0.2) is 11.4 Å². The largest absolute Gasteiger partial charge is 0.507 e. The van der Waals surface area contributed by atoms with Crippen molar-refractivity contribution in [1.29, 1.82) is 0 Å². The zero-order chi connectivity index (χ0) is 46.7. The molecule has 2 unspecified atom stereocenters. The predicted octanol–water partition coefficient (Wildman–Crippen LogP) is 3.89. The summed E-state index contributed by atoms with van der Waals surface area (Å²) in [6.45, 7) is 10.8. The van der Waals surface area contributed by atoms with Crippen LogP contribution in [0.2, 0.25) is 0 Å². The van der Waals surface area contributed by atoms with Crippen molar-refractivity contribution >= 4 is 29.6 Å². The second kappa shape index (κ2) is 19.5. The quantitative estimate of drug-likeness (QED) is 0.114. The van der Waals surface area contributed by atoms with E-state index in [2.05, 4.69) is 26.3 Å². The number of carboxylic acid groups (broad SMARTS) is 1. The summed E-state index contributed by atoms with van der Waals surface area (Å²) in [5, 5.41) is 72.5. The minimum atomic E-state index is -2.30. The van der Waals surface area contributed by atoms with Crippen LogP contribution in [0.25, 0.3) is 0 Å². The van der Waals surface area contributed by atoms with Crippen LogP contribution in [0.1, 0.15) is 124 Å². The van der Waals surface area contributed by atoms with Gasteiger partial charge in [0, 0.05) is 42.8 Å². The highest BCUT2D eigenvalue weighted by atomic mass is 16.8. The van der Waals surface area contributed by atoms with E-state index in [1.165, 1.54) is 16.8 Å². The Labute approximate surface area is 371 Å². The number of rotatable bonds is 14. The molecule has 2 aromatic carbocycles. The standard InChI is InChI=1S/C45H62N6O13/c1-24-16-28(17-25(2)36(24)55)40(57)46-21-32(53)37(56)39-35(48-34(54)23-51-22-30(49-50-51)26-12-9-8-10-13-26)31(52)19-45(63-39,41(58)59)20-33-38(62-44(6,7)61-33)27-14-11-15-29(18-27)47-42(60)64-43(3,4)5/h11,14-18,22,26,31-33,35,37-39,52-53,55-56H,8-10,12-13,19-21,23H2,1-7H3,(H,46,57)(H,47,60)(H,48,54)(H,58,59)/t31-,32+,33-,35?,37+,38-,39+,45?/m0/s1. The predicted molar refractivity (Wildman–Crippen MR) is 229 cm³/mol. The van der Waals surface area contributed by atoms with Crippen molar-refractivity contribution in [2.45, 2.75) is 166 Å². The van der Waals surface area contributed by atoms with E-state index in [0.717, 1.165) is 37.8 Å². The zero-order valence-electron chi connectivity index (χ0n) is 37.4. The molecule has 3 aromatic rings. The molecule has 350 valence electrons. The topological polar surface area (TPSA) is 273 Å². The van der Waals surface area contributed by atoms with Crippen LogP contribution in [0.4, 0.5) is 10.5 Å². The lowest BCUT2D eigenvalue weighted by Gasteiger charge is -2.48. The molecule has 6 rings (SSSR count). The number of nitrogens with one attached hydrogen (secondary N) is 3. The molecule has 8 atom stereocenters. The number of phenolic OH excluding ortho intramolecular Hbond substituents is 1. The first-order chi connectivity index (χ1) is 30.0. The number of aliphatic carboxylic acids is 1. The molecular weight excluding hydrogens is 833 g/mol. The molecule has 1 aromatic heterocycles. The molecule has 3 amide bonds. The Balaban J connectivity index is 1.25. The average Bonchev–Trinajstić information content (AvgIpc) is 3.81. The van der Waals surface area contributed by atoms with E-state index >= 15 is 0 Å². The van der Waals surface area contributed by atoms with Gasteiger partial charge in [0.2, 0.25) is 5.91 Å². The van der Waals surface area contributed by atoms with E-state index in [4.69, 9.17) is 18.9 Å². The first-order valence-electron chi connectivity index (χ1n) is 21.7. The molecule has 19 heteroatoms. The van der Waals surface area contributed by atoms with Crippen molar-refractivity contribution in [3.63, 3.8) is 0 Å². The molecule has 3 fully saturated rings. The Morgan fingerprint density at radius 1 is 1.00 bits per heavy atom. The van der Waals surface area contributed by atoms with Gasteiger partial charge in [-0.15, -0.1) is 5.10 Å². The van der Waals surface area contributed by atoms with Gasteiger partial charge in [-0.2, -0.15) is 0 Å². The van der Waals surface area contributed by atoms with Gasteiger partial charge in [0.05, 0.1) is 30.0 Å². The Morgan fingerprint density at radius 3 is 2.34 bits per heavy atom. The molecule has 2 aliphatic heterocycles. The third-order valence-corrected chi connectivity index (χ3v) is 11.8. The number of amides is 3. The number of hydrogen-bond acceptors (Lipinski definition) is 14. The van der Waals surface area contributed by atoms with E-state index in [0.29, 0.717) is 22.4 Å². The number of carbonyl (C=O) groups excluding carboxylic acids is 3. The van der Waals surface area contributed by atoms with Gasteiger partial charge < -0.3 is 55.1 Å². The first kappa shape index (κ1) is 48.3. The molecule has 1 saturated carbocycles. The number of nitrogens with zero attached hydrogens (tertiary/aromatic N) is 3. The van der Waals surface area contributed by atoms with Gasteiger partial charge in [0.1, 0.15) is 36.2 Å². The Bertz CT molecular complexity index is 2140. The van der Waals surface area contributed by atoms with Gasteiger partial charge in [-0.25, -0.2) is 14.3 Å². The van der Waals surface area contributed by atoms with Crippen LogP contribution in [0.3, 0.4) is 0 Å². The van der Waals surface area contributed by atoms with Crippen molar-refractivity contribution in [3.05, 3.63) is 70.5 Å². The van der Waals surface area contributed by atoms with Gasteiger partial charge in [-0.05, 0) is 102 Å². The van der Waals surface area contributed by atoms with Crippen molar-refractivity contribution in [2.24, 2.45) is 0 Å². The number of aromatic hydroxyl groups is 1. The van der Waals surface area contributed by atoms with Gasteiger partial charge in [0.25, 0.3) is 5.91 Å². The zero-order valence-corrected chi connectivity index (χ0v) is 37.4. The summed E-state index contributed by atoms with van der Waals surface area (Å²) >= 11 is 0. The van der Waals surface area contributed by atoms with E-state index in [9.17, 15) is 44.7 Å². The molecule has 64 heavy (non-hydrogen) atoms. The number of ether oxygens (including phenoxy) is 4. The number of carbonyl (C=O) groups is 4. The summed E-state index contributed by atoms with van der Waals surface area (Å²) in [4.78, 5) is 52.9. The minimum absolute atomic E-state index is 0.0247. The summed E-state index contributed by atoms with van der Waals surface area (Å²) in [5.74, 6) is -3.82. The maximum absolute atomic E-state index is 13.6. The number of aryl methyl sites for hydroxylation is 2. The number of aliphatic hydroxyl groups excluding tert-OH is 3. The summed E-state index contributed by atoms with van der Waals surface area (Å²) < 4.78 is 25.6. The molecule has 3 heterocycles. The van der Waals surface area contributed by atoms with Crippen LogP contribution >= 0.6 is 0 Å². The first-order valence-corrected chi connectivity index (χ1v) is 21.7. The molecule has 3 aliphatic rings. The second-order valence-electron chi connectivity index (χ2n) is 18.7. The Hall–Kier alpha value is -5.18. The highest BCUT2D eigenvalue weighted by Gasteiger charge is 2.58. The molecule has 1 aliphatic carbocycles. The highest BCUT2D eigenvalue weighted by molar-refractivity contribution is 5.95. The molecule has 0 bridgehead atoms. The fraction of sp³-hybridized carbons (Fsp3) is 0.600. The maximum Gasteiger partial charge on any atom is 0.412 e. The molecule has 19 nitrogen and oxygen atoms in total. The SMILES string of the molecule is Cc1cc(C(=O)NC[C@@H](O)[C@@H](O)[C@@H]2OC(C[C@@H]3OC(C)(C)O[C@H]3c3cccc(NC(=O)OC(C)(C)C)c3)(C(=O)O)C[C@H](O)C2NC(=O)Cn2cc(C3CCCCC3)nn2)cc(C)c1O. The number of aliphatic hydroxyl groups is 3. The molecule has 0 spiro atoms. The Morgan fingerprint density at radius 2 is 1.69 bits per heavy atom. The highest BCUT2D eigenvalue weighted by Crippen LogP contribution is 2.45. The van der Waals surface area contributed by atoms with Crippen LogP contribution in [-0.4, -0.2) is 124 Å². The van der Waals surface area contributed by atoms with E-state index in [1.807, 2.05) is 0 Å². The number of carboxylic acids is 1. The summed E-state index contributed by atoms with van der Waals surface area (Å²) in [6.07, 6.45) is -4.02. The molecule has 8 N–H and O–H groups in total. The summed E-state index contributed by atoms with van der Waals surface area (Å²) in [7, 11) is 0. The summed E-state index contributed by atoms with van der Waals surface area (Å²) in [5.41, 5.74) is -0.342. The van der Waals surface area contributed by atoms with Crippen molar-refractivity contribution in [2.75, 3.05) is 11.9 Å². The maximum atomic E-state index is 13.6. The van der Waals surface area contributed by atoms with Crippen LogP contribution in [0.5, 0.6) is 5.75 Å². The van der Waals surface area contributed by atoms with E-state index in [1.54, 1.807) is 78.9 Å². The lowest BCUT2D eigenvalue weighted by molar-refractivity contribution is -0.236. The van der Waals surface area contributed by atoms with Gasteiger partial charge >= 0.3 is 12.1 Å². The van der Waals surface area contributed by atoms with Crippen molar-refractivity contribution < 1.29 is 63.7 Å². The van der Waals surface area contributed by atoms with Crippen molar-refractivity contribution in [3.8, 4) is 5.75 Å². The number of anilines is 1. The second-order valence-corrected chi connectivity index (χ2v) is 18.7. The average molecular weight is 895 g/mol. The lowest BCUT2D eigenvalue weighted by Crippen LogP contribution is -2.68. The van der Waals surface area contributed by atoms with Crippen LogP contribution in [0.15, 0.2) is 42.6 Å². The minimum Gasteiger partial charge on any atom is -0.507 e. The number of benzene rings is 2. The van der Waals surface area contributed by atoms with Crippen molar-refractivity contribution in [1.82, 2.24) is 25.6 Å². The fourth-order valence-electron chi connectivity index (χ4n) is 8.77. The monoisotopic (exact) mass is 894 g/mol. The number of hydrogen-bond donors (Lipinski definition) is 8. The van der Waals surface area contributed by atoms with Crippen LogP contribution in [0, 0.1) is 13.8 Å². The van der Waals surface area contributed by atoms with Gasteiger partial charge in [-0.1, -0.05) is 36.6 Å². The van der Waals surface area contributed by atoms with E-state index < -0.39 is 103 Å². The Kier molecular flexibility index (Phi) is 14.7. The fourth-order valence-corrected chi connectivity index (χ4v) is 8.77.